The molecule has 1 aromatic rings. The second kappa shape index (κ2) is 8.82. The molecule has 0 aliphatic carbocycles. The van der Waals surface area contributed by atoms with Crippen molar-refractivity contribution in [1.82, 2.24) is 0 Å². The highest BCUT2D eigenvalue weighted by Crippen LogP contribution is 2.26. The third-order valence-electron chi connectivity index (χ3n) is 2.63. The van der Waals surface area contributed by atoms with Gasteiger partial charge >= 0.3 is 0 Å². The highest BCUT2D eigenvalue weighted by Gasteiger charge is 2.08. The van der Waals surface area contributed by atoms with E-state index in [0.29, 0.717) is 35.1 Å². The van der Waals surface area contributed by atoms with E-state index in [4.69, 9.17) is 23.2 Å². The molecule has 20 heavy (non-hydrogen) atoms. The number of amides is 2. The van der Waals surface area contributed by atoms with Gasteiger partial charge in [-0.3, -0.25) is 9.59 Å². The topological polar surface area (TPSA) is 58.2 Å². The van der Waals surface area contributed by atoms with Crippen LogP contribution in [0.5, 0.6) is 0 Å². The van der Waals surface area contributed by atoms with Crippen molar-refractivity contribution in [3.63, 3.8) is 0 Å². The first-order valence-electron chi connectivity index (χ1n) is 6.52. The first kappa shape index (κ1) is 16.8. The zero-order valence-electron chi connectivity index (χ0n) is 11.3. The molecule has 0 radical (unpaired) electrons. The van der Waals surface area contributed by atoms with E-state index < -0.39 is 0 Å². The van der Waals surface area contributed by atoms with Gasteiger partial charge in [0.2, 0.25) is 11.8 Å². The molecule has 0 aromatic heterocycles. The molecule has 0 saturated carbocycles. The number of benzene rings is 1. The predicted molar refractivity (Wildman–Crippen MR) is 83.6 cm³/mol. The summed E-state index contributed by atoms with van der Waals surface area (Å²) < 4.78 is 0. The normalized spacial score (nSPS) is 10.2. The van der Waals surface area contributed by atoms with Crippen molar-refractivity contribution in [2.75, 3.05) is 16.5 Å². The summed E-state index contributed by atoms with van der Waals surface area (Å²) in [5.41, 5.74) is 1.11. The van der Waals surface area contributed by atoms with Crippen molar-refractivity contribution in [3.05, 3.63) is 23.2 Å². The average molecular weight is 317 g/mol. The molecule has 110 valence electrons. The molecule has 0 spiro atoms. The van der Waals surface area contributed by atoms with Crippen LogP contribution in [0.15, 0.2) is 18.2 Å². The van der Waals surface area contributed by atoms with Crippen LogP contribution in [-0.4, -0.2) is 17.7 Å². The minimum atomic E-state index is -0.115. The van der Waals surface area contributed by atoms with Gasteiger partial charge in [0, 0.05) is 24.4 Å². The maximum Gasteiger partial charge on any atom is 0.224 e. The van der Waals surface area contributed by atoms with Gasteiger partial charge in [-0.15, -0.1) is 11.6 Å². The SMILES string of the molecule is CCC(=O)Nc1ccc(Cl)c(NC(=O)CCCCCl)c1. The van der Waals surface area contributed by atoms with Gasteiger partial charge in [0.15, 0.2) is 0 Å². The van der Waals surface area contributed by atoms with E-state index in [1.165, 1.54) is 0 Å². The van der Waals surface area contributed by atoms with E-state index >= 15 is 0 Å². The molecular weight excluding hydrogens is 299 g/mol. The lowest BCUT2D eigenvalue weighted by molar-refractivity contribution is -0.116. The molecule has 1 aromatic carbocycles. The van der Waals surface area contributed by atoms with Gasteiger partial charge in [0.25, 0.3) is 0 Å². The lowest BCUT2D eigenvalue weighted by Gasteiger charge is -2.10. The highest BCUT2D eigenvalue weighted by atomic mass is 35.5. The van der Waals surface area contributed by atoms with E-state index in [1.54, 1.807) is 25.1 Å². The number of nitrogens with one attached hydrogen (secondary N) is 2. The number of unbranched alkanes of at least 4 members (excludes halogenated alkanes) is 1. The number of hydrogen-bond donors (Lipinski definition) is 2. The van der Waals surface area contributed by atoms with Gasteiger partial charge in [-0.2, -0.15) is 0 Å². The fraction of sp³-hybridized carbons (Fsp3) is 0.429. The summed E-state index contributed by atoms with van der Waals surface area (Å²) in [6.45, 7) is 1.77. The van der Waals surface area contributed by atoms with Crippen LogP contribution in [0.4, 0.5) is 11.4 Å². The number of hydrogen-bond acceptors (Lipinski definition) is 2. The number of anilines is 2. The first-order chi connectivity index (χ1) is 9.56. The number of halogens is 2. The Hall–Kier alpha value is -1.26. The van der Waals surface area contributed by atoms with Crippen LogP contribution in [-0.2, 0) is 9.59 Å². The van der Waals surface area contributed by atoms with Crippen LogP contribution in [0, 0.1) is 0 Å². The maximum atomic E-state index is 11.7. The second-order valence-corrected chi connectivity index (χ2v) is 5.08. The van der Waals surface area contributed by atoms with E-state index in [2.05, 4.69) is 10.6 Å². The predicted octanol–water partition coefficient (Wildman–Crippen LogP) is 4.04. The standard InChI is InChI=1S/C14H18Cl2N2O2/c1-2-13(19)17-10-6-7-11(16)12(9-10)18-14(20)5-3-4-8-15/h6-7,9H,2-5,8H2,1H3,(H,17,19)(H,18,20). The van der Waals surface area contributed by atoms with Crippen molar-refractivity contribution in [1.29, 1.82) is 0 Å². The van der Waals surface area contributed by atoms with Crippen molar-refractivity contribution in [2.45, 2.75) is 32.6 Å². The van der Waals surface area contributed by atoms with Crippen LogP contribution in [0.25, 0.3) is 0 Å². The zero-order chi connectivity index (χ0) is 15.0. The average Bonchev–Trinajstić information content (AvgIpc) is 2.42. The molecule has 0 fully saturated rings. The van der Waals surface area contributed by atoms with Crippen LogP contribution in [0.1, 0.15) is 32.6 Å². The number of rotatable bonds is 7. The van der Waals surface area contributed by atoms with Crippen LogP contribution in [0.2, 0.25) is 5.02 Å². The molecule has 0 aliphatic heterocycles. The molecule has 0 unspecified atom stereocenters. The molecule has 0 bridgehead atoms. The summed E-state index contributed by atoms with van der Waals surface area (Å²) in [4.78, 5) is 23.1. The Kier molecular flexibility index (Phi) is 7.41. The molecular formula is C14H18Cl2N2O2. The Labute approximate surface area is 128 Å². The minimum Gasteiger partial charge on any atom is -0.326 e. The first-order valence-corrected chi connectivity index (χ1v) is 7.43. The Bertz CT molecular complexity index is 478. The number of alkyl halides is 1. The van der Waals surface area contributed by atoms with Gasteiger partial charge in [-0.1, -0.05) is 18.5 Å². The molecule has 0 atom stereocenters. The summed E-state index contributed by atoms with van der Waals surface area (Å²) in [7, 11) is 0. The molecule has 0 saturated heterocycles. The Morgan fingerprint density at radius 3 is 2.55 bits per heavy atom. The van der Waals surface area contributed by atoms with Crippen molar-refractivity contribution < 1.29 is 9.59 Å². The van der Waals surface area contributed by atoms with E-state index in [1.807, 2.05) is 0 Å². The fourth-order valence-electron chi connectivity index (χ4n) is 1.54. The third-order valence-corrected chi connectivity index (χ3v) is 3.23. The van der Waals surface area contributed by atoms with Crippen LogP contribution in [0.3, 0.4) is 0 Å². The molecule has 2 N–H and O–H groups in total. The second-order valence-electron chi connectivity index (χ2n) is 4.29. The fourth-order valence-corrected chi connectivity index (χ4v) is 1.89. The van der Waals surface area contributed by atoms with Crippen LogP contribution < -0.4 is 10.6 Å². The number of carbonyl (C=O) groups is 2. The smallest absolute Gasteiger partial charge is 0.224 e. The van der Waals surface area contributed by atoms with Crippen molar-refractivity contribution in [3.8, 4) is 0 Å². The summed E-state index contributed by atoms with van der Waals surface area (Å²) >= 11 is 11.6. The van der Waals surface area contributed by atoms with E-state index in [-0.39, 0.29) is 11.8 Å². The molecule has 0 aliphatic rings. The largest absolute Gasteiger partial charge is 0.326 e. The lowest BCUT2D eigenvalue weighted by atomic mass is 10.2. The zero-order valence-corrected chi connectivity index (χ0v) is 12.9. The summed E-state index contributed by atoms with van der Waals surface area (Å²) in [6.07, 6.45) is 2.33. The Morgan fingerprint density at radius 2 is 1.90 bits per heavy atom. The number of carbonyl (C=O) groups excluding carboxylic acids is 2. The Balaban J connectivity index is 2.66. The van der Waals surface area contributed by atoms with Gasteiger partial charge in [0.05, 0.1) is 10.7 Å². The molecule has 0 heterocycles. The summed E-state index contributed by atoms with van der Waals surface area (Å²) in [5.74, 6) is 0.342. The molecule has 1 rings (SSSR count). The third kappa shape index (κ3) is 5.80. The van der Waals surface area contributed by atoms with Gasteiger partial charge < -0.3 is 10.6 Å². The highest BCUT2D eigenvalue weighted by molar-refractivity contribution is 6.33. The lowest BCUT2D eigenvalue weighted by Crippen LogP contribution is -2.13. The monoisotopic (exact) mass is 316 g/mol. The van der Waals surface area contributed by atoms with E-state index in [0.717, 1.165) is 12.8 Å². The van der Waals surface area contributed by atoms with Crippen molar-refractivity contribution >= 4 is 46.4 Å². The summed E-state index contributed by atoms with van der Waals surface area (Å²) in [6, 6.07) is 4.98. The van der Waals surface area contributed by atoms with Gasteiger partial charge in [0.1, 0.15) is 0 Å². The minimum absolute atomic E-state index is 0.0910. The molecule has 4 nitrogen and oxygen atoms in total. The van der Waals surface area contributed by atoms with Crippen molar-refractivity contribution in [2.24, 2.45) is 0 Å². The quantitative estimate of drug-likeness (QED) is 0.589. The van der Waals surface area contributed by atoms with Gasteiger partial charge in [-0.25, -0.2) is 0 Å². The van der Waals surface area contributed by atoms with Gasteiger partial charge in [-0.05, 0) is 31.0 Å². The Morgan fingerprint density at radius 1 is 1.15 bits per heavy atom. The maximum absolute atomic E-state index is 11.7. The molecule has 2 amide bonds. The van der Waals surface area contributed by atoms with E-state index in [9.17, 15) is 9.59 Å². The van der Waals surface area contributed by atoms with Crippen LogP contribution >= 0.6 is 23.2 Å². The molecule has 6 heteroatoms. The summed E-state index contributed by atoms with van der Waals surface area (Å²) in [5, 5.41) is 5.89.